The number of anilines is 1. The smallest absolute Gasteiger partial charge is 0.411 e. The van der Waals surface area contributed by atoms with Crippen LogP contribution in [-0.2, 0) is 11.3 Å². The van der Waals surface area contributed by atoms with Gasteiger partial charge in [0.15, 0.2) is 0 Å². The van der Waals surface area contributed by atoms with Crippen molar-refractivity contribution in [3.8, 4) is 5.75 Å². The molecule has 5 nitrogen and oxygen atoms in total. The van der Waals surface area contributed by atoms with Crippen molar-refractivity contribution in [1.29, 1.82) is 0 Å². The summed E-state index contributed by atoms with van der Waals surface area (Å²) in [5, 5.41) is 2.67. The monoisotopic (exact) mass is 299 g/mol. The second-order valence-electron chi connectivity index (χ2n) is 4.48. The number of para-hydroxylation sites is 1. The molecule has 22 heavy (non-hydrogen) atoms. The number of nitrogens with one attached hydrogen (secondary N) is 1. The van der Waals surface area contributed by atoms with Gasteiger partial charge in [-0.1, -0.05) is 30.3 Å². The minimum absolute atomic E-state index is 0.269. The van der Waals surface area contributed by atoms with Crippen LogP contribution in [0.25, 0.3) is 0 Å². The molecule has 0 bridgehead atoms. The summed E-state index contributed by atoms with van der Waals surface area (Å²) in [6, 6.07) is 14.2. The lowest BCUT2D eigenvalue weighted by Gasteiger charge is -2.12. The maximum absolute atomic E-state index is 11.5. The third kappa shape index (κ3) is 4.34. The molecule has 1 N–H and O–H groups in total. The molecular formula is C17H17NO4. The third-order valence-electron chi connectivity index (χ3n) is 2.92. The summed E-state index contributed by atoms with van der Waals surface area (Å²) < 4.78 is 10.5. The fourth-order valence-corrected chi connectivity index (χ4v) is 1.88. The Balaban J connectivity index is 2.06. The minimum atomic E-state index is -0.502. The zero-order valence-corrected chi connectivity index (χ0v) is 12.2. The Kier molecular flexibility index (Phi) is 5.54. The highest BCUT2D eigenvalue weighted by molar-refractivity contribution is 5.85. The van der Waals surface area contributed by atoms with Gasteiger partial charge in [-0.05, 0) is 25.1 Å². The molecule has 0 atom stereocenters. The van der Waals surface area contributed by atoms with E-state index in [9.17, 15) is 9.59 Å². The van der Waals surface area contributed by atoms with Gasteiger partial charge >= 0.3 is 6.09 Å². The first-order valence-electron chi connectivity index (χ1n) is 6.92. The van der Waals surface area contributed by atoms with Crippen LogP contribution in [0.3, 0.4) is 0 Å². The van der Waals surface area contributed by atoms with E-state index in [-0.39, 0.29) is 6.61 Å². The number of ether oxygens (including phenoxy) is 2. The molecule has 0 saturated heterocycles. The molecule has 5 heteroatoms. The van der Waals surface area contributed by atoms with Gasteiger partial charge < -0.3 is 9.47 Å². The molecule has 2 aromatic carbocycles. The third-order valence-corrected chi connectivity index (χ3v) is 2.92. The van der Waals surface area contributed by atoms with Crippen LogP contribution in [0.1, 0.15) is 22.8 Å². The summed E-state index contributed by atoms with van der Waals surface area (Å²) in [6.07, 6.45) is 0.265. The Hall–Kier alpha value is -2.82. The molecule has 2 aromatic rings. The van der Waals surface area contributed by atoms with Crippen LogP contribution in [0, 0.1) is 0 Å². The van der Waals surface area contributed by atoms with Gasteiger partial charge in [0.25, 0.3) is 0 Å². The first kappa shape index (κ1) is 15.6. The molecule has 0 unspecified atom stereocenters. The fourth-order valence-electron chi connectivity index (χ4n) is 1.88. The van der Waals surface area contributed by atoms with Crippen LogP contribution < -0.4 is 10.1 Å². The van der Waals surface area contributed by atoms with Gasteiger partial charge in [-0.25, -0.2) is 4.79 Å². The van der Waals surface area contributed by atoms with Crippen LogP contribution in [0.4, 0.5) is 10.5 Å². The Bertz CT molecular complexity index is 655. The van der Waals surface area contributed by atoms with Crippen molar-refractivity contribution < 1.29 is 19.1 Å². The maximum atomic E-state index is 11.5. The highest BCUT2D eigenvalue weighted by Gasteiger charge is 2.07. The van der Waals surface area contributed by atoms with Crippen molar-refractivity contribution in [1.82, 2.24) is 0 Å². The van der Waals surface area contributed by atoms with Crippen molar-refractivity contribution in [2.75, 3.05) is 11.9 Å². The highest BCUT2D eigenvalue weighted by Crippen LogP contribution is 2.19. The summed E-state index contributed by atoms with van der Waals surface area (Å²) in [6.45, 7) is 2.32. The fraction of sp³-hybridized carbons (Fsp3) is 0.176. The van der Waals surface area contributed by atoms with Gasteiger partial charge in [0.2, 0.25) is 0 Å². The van der Waals surface area contributed by atoms with E-state index in [1.165, 1.54) is 0 Å². The summed E-state index contributed by atoms with van der Waals surface area (Å²) in [5.74, 6) is 0.593. The number of aldehydes is 1. The van der Waals surface area contributed by atoms with Gasteiger partial charge in [-0.3, -0.25) is 10.1 Å². The maximum Gasteiger partial charge on any atom is 0.411 e. The molecule has 0 radical (unpaired) electrons. The first-order chi connectivity index (χ1) is 10.7. The Morgan fingerprint density at radius 3 is 2.77 bits per heavy atom. The average molecular weight is 299 g/mol. The lowest BCUT2D eigenvalue weighted by Crippen LogP contribution is -2.15. The highest BCUT2D eigenvalue weighted by atomic mass is 16.5. The molecule has 0 spiro atoms. The van der Waals surface area contributed by atoms with E-state index in [1.807, 2.05) is 18.2 Å². The van der Waals surface area contributed by atoms with Crippen molar-refractivity contribution in [2.24, 2.45) is 0 Å². The number of carbonyl (C=O) groups is 2. The number of rotatable bonds is 6. The number of amides is 1. The second kappa shape index (κ2) is 7.83. The number of carbonyl (C=O) groups excluding carboxylic acids is 2. The van der Waals surface area contributed by atoms with Gasteiger partial charge in [0.1, 0.15) is 18.6 Å². The molecule has 114 valence electrons. The van der Waals surface area contributed by atoms with Crippen LogP contribution in [0.5, 0.6) is 5.75 Å². The standard InChI is InChI=1S/C17H17NO4/c1-2-21-17(20)18-16-9-4-3-7-14(16)12-22-15-8-5-6-13(10-15)11-19/h3-11H,2,12H2,1H3,(H,18,20). The van der Waals surface area contributed by atoms with Crippen LogP contribution >= 0.6 is 0 Å². The zero-order valence-electron chi connectivity index (χ0n) is 12.2. The Labute approximate surface area is 128 Å². The lowest BCUT2D eigenvalue weighted by molar-refractivity contribution is 0.112. The number of hydrogen-bond donors (Lipinski definition) is 1. The molecule has 0 heterocycles. The Morgan fingerprint density at radius 1 is 1.18 bits per heavy atom. The molecule has 0 saturated carbocycles. The van der Waals surface area contributed by atoms with E-state index in [0.717, 1.165) is 11.8 Å². The summed E-state index contributed by atoms with van der Waals surface area (Å²) in [4.78, 5) is 22.3. The largest absolute Gasteiger partial charge is 0.489 e. The molecule has 0 aliphatic carbocycles. The van der Waals surface area contributed by atoms with Crippen molar-refractivity contribution in [3.05, 3.63) is 59.7 Å². The van der Waals surface area contributed by atoms with Gasteiger partial charge in [0, 0.05) is 11.1 Å². The number of hydrogen-bond acceptors (Lipinski definition) is 4. The van der Waals surface area contributed by atoms with E-state index in [2.05, 4.69) is 5.32 Å². The zero-order chi connectivity index (χ0) is 15.8. The first-order valence-corrected chi connectivity index (χ1v) is 6.92. The average Bonchev–Trinajstić information content (AvgIpc) is 2.54. The molecule has 0 aliphatic heterocycles. The van der Waals surface area contributed by atoms with Crippen LogP contribution in [0.15, 0.2) is 48.5 Å². The van der Waals surface area contributed by atoms with E-state index >= 15 is 0 Å². The van der Waals surface area contributed by atoms with Gasteiger partial charge in [0.05, 0.1) is 12.3 Å². The molecule has 2 rings (SSSR count). The van der Waals surface area contributed by atoms with E-state index in [0.29, 0.717) is 23.6 Å². The quantitative estimate of drug-likeness (QED) is 0.827. The second-order valence-corrected chi connectivity index (χ2v) is 4.48. The van der Waals surface area contributed by atoms with Crippen LogP contribution in [0.2, 0.25) is 0 Å². The Morgan fingerprint density at radius 2 is 2.00 bits per heavy atom. The predicted octanol–water partition coefficient (Wildman–Crippen LogP) is 3.65. The topological polar surface area (TPSA) is 64.6 Å². The van der Waals surface area contributed by atoms with E-state index in [4.69, 9.17) is 9.47 Å². The van der Waals surface area contributed by atoms with Crippen molar-refractivity contribution in [2.45, 2.75) is 13.5 Å². The van der Waals surface area contributed by atoms with Crippen LogP contribution in [-0.4, -0.2) is 19.0 Å². The lowest BCUT2D eigenvalue weighted by atomic mass is 10.2. The summed E-state index contributed by atoms with van der Waals surface area (Å²) >= 11 is 0. The minimum Gasteiger partial charge on any atom is -0.489 e. The summed E-state index contributed by atoms with van der Waals surface area (Å²) in [5.41, 5.74) is 2.00. The van der Waals surface area contributed by atoms with E-state index in [1.54, 1.807) is 37.3 Å². The molecule has 1 amide bonds. The molecule has 0 aromatic heterocycles. The SMILES string of the molecule is CCOC(=O)Nc1ccccc1COc1cccc(C=O)c1. The number of benzene rings is 2. The van der Waals surface area contributed by atoms with Gasteiger partial charge in [-0.15, -0.1) is 0 Å². The van der Waals surface area contributed by atoms with E-state index < -0.39 is 6.09 Å². The van der Waals surface area contributed by atoms with Crippen molar-refractivity contribution >= 4 is 18.1 Å². The van der Waals surface area contributed by atoms with Crippen molar-refractivity contribution in [3.63, 3.8) is 0 Å². The molecule has 0 aliphatic rings. The molecule has 0 fully saturated rings. The summed E-state index contributed by atoms with van der Waals surface area (Å²) in [7, 11) is 0. The molecular weight excluding hydrogens is 282 g/mol. The normalized spacial score (nSPS) is 9.86. The van der Waals surface area contributed by atoms with Gasteiger partial charge in [-0.2, -0.15) is 0 Å². The predicted molar refractivity (Wildman–Crippen MR) is 83.2 cm³/mol.